The monoisotopic (exact) mass is 327 g/mol. The van der Waals surface area contributed by atoms with Crippen LogP contribution in [0.3, 0.4) is 0 Å². The highest BCUT2D eigenvalue weighted by atomic mass is 79.9. The highest BCUT2D eigenvalue weighted by molar-refractivity contribution is 9.11. The van der Waals surface area contributed by atoms with Crippen molar-refractivity contribution >= 4 is 33.2 Å². The zero-order valence-corrected chi connectivity index (χ0v) is 12.0. The van der Waals surface area contributed by atoms with E-state index in [0.29, 0.717) is 18.2 Å². The lowest BCUT2D eigenvalue weighted by molar-refractivity contribution is -0.127. The van der Waals surface area contributed by atoms with Gasteiger partial charge >= 0.3 is 0 Å². The SMILES string of the molecule is CN1C(=O)CC[C@@H]1c1nnc(-c2ccc(Br)s2)o1. The molecule has 0 spiro atoms. The number of thiophene rings is 1. The molecule has 1 fully saturated rings. The lowest BCUT2D eigenvalue weighted by Gasteiger charge is -2.15. The molecule has 0 N–H and O–H groups in total. The molecule has 2 aromatic rings. The second kappa shape index (κ2) is 4.47. The number of nitrogens with zero attached hydrogens (tertiary/aromatic N) is 3. The van der Waals surface area contributed by atoms with Crippen molar-refractivity contribution in [1.82, 2.24) is 15.1 Å². The van der Waals surface area contributed by atoms with E-state index in [1.165, 1.54) is 11.3 Å². The Balaban J connectivity index is 1.88. The lowest BCUT2D eigenvalue weighted by atomic mass is 10.2. The Morgan fingerprint density at radius 2 is 2.33 bits per heavy atom. The van der Waals surface area contributed by atoms with E-state index < -0.39 is 0 Å². The summed E-state index contributed by atoms with van der Waals surface area (Å²) in [7, 11) is 1.77. The van der Waals surface area contributed by atoms with Gasteiger partial charge in [-0.05, 0) is 34.5 Å². The van der Waals surface area contributed by atoms with Gasteiger partial charge in [-0.15, -0.1) is 21.5 Å². The molecule has 3 rings (SSSR count). The Hall–Kier alpha value is -1.21. The summed E-state index contributed by atoms with van der Waals surface area (Å²) in [6.45, 7) is 0. The fourth-order valence-electron chi connectivity index (χ4n) is 1.99. The predicted octanol–water partition coefficient (Wildman–Crippen LogP) is 2.85. The van der Waals surface area contributed by atoms with Crippen LogP contribution in [0.25, 0.3) is 10.8 Å². The van der Waals surface area contributed by atoms with Crippen molar-refractivity contribution in [2.75, 3.05) is 7.05 Å². The fourth-order valence-corrected chi connectivity index (χ4v) is 3.30. The van der Waals surface area contributed by atoms with E-state index in [2.05, 4.69) is 26.1 Å². The highest BCUT2D eigenvalue weighted by Gasteiger charge is 2.33. The van der Waals surface area contributed by atoms with Crippen LogP contribution in [-0.2, 0) is 4.79 Å². The van der Waals surface area contributed by atoms with Gasteiger partial charge in [0.15, 0.2) is 0 Å². The maximum Gasteiger partial charge on any atom is 0.257 e. The van der Waals surface area contributed by atoms with E-state index in [9.17, 15) is 4.79 Å². The van der Waals surface area contributed by atoms with Crippen molar-refractivity contribution in [3.05, 3.63) is 21.8 Å². The van der Waals surface area contributed by atoms with E-state index in [1.54, 1.807) is 11.9 Å². The molecule has 1 atom stereocenters. The molecule has 1 aliphatic heterocycles. The highest BCUT2D eigenvalue weighted by Crippen LogP contribution is 2.34. The average molecular weight is 328 g/mol. The number of hydrogen-bond donors (Lipinski definition) is 0. The van der Waals surface area contributed by atoms with Gasteiger partial charge in [-0.3, -0.25) is 4.79 Å². The van der Waals surface area contributed by atoms with Crippen LogP contribution in [0.15, 0.2) is 20.3 Å². The van der Waals surface area contributed by atoms with Gasteiger partial charge in [0.05, 0.1) is 8.66 Å². The van der Waals surface area contributed by atoms with Gasteiger partial charge in [0.25, 0.3) is 5.89 Å². The third kappa shape index (κ3) is 1.97. The smallest absolute Gasteiger partial charge is 0.257 e. The minimum atomic E-state index is -0.0813. The van der Waals surface area contributed by atoms with Crippen molar-refractivity contribution in [3.63, 3.8) is 0 Å². The molecule has 0 aromatic carbocycles. The summed E-state index contributed by atoms with van der Waals surface area (Å²) in [5.41, 5.74) is 0. The van der Waals surface area contributed by atoms with Gasteiger partial charge in [0.2, 0.25) is 11.8 Å². The molecule has 94 valence electrons. The first kappa shape index (κ1) is 11.9. The largest absolute Gasteiger partial charge is 0.418 e. The molecule has 0 radical (unpaired) electrons. The van der Waals surface area contributed by atoms with Crippen LogP contribution in [0.4, 0.5) is 0 Å². The molecule has 0 saturated carbocycles. The molecule has 1 saturated heterocycles. The summed E-state index contributed by atoms with van der Waals surface area (Å²) in [6, 6.07) is 3.78. The molecular formula is C11H10BrN3O2S. The maximum atomic E-state index is 11.5. The minimum absolute atomic E-state index is 0.0813. The minimum Gasteiger partial charge on any atom is -0.418 e. The Kier molecular flexibility index (Phi) is 2.95. The molecule has 1 aliphatic rings. The number of carbonyl (C=O) groups is 1. The van der Waals surface area contributed by atoms with Crippen LogP contribution in [0.1, 0.15) is 24.8 Å². The van der Waals surface area contributed by atoms with Crippen molar-refractivity contribution < 1.29 is 9.21 Å². The zero-order chi connectivity index (χ0) is 12.7. The first-order chi connectivity index (χ1) is 8.65. The first-order valence-corrected chi connectivity index (χ1v) is 7.11. The molecular weight excluding hydrogens is 318 g/mol. The Bertz CT molecular complexity index is 595. The number of amides is 1. The third-order valence-electron chi connectivity index (χ3n) is 3.00. The molecule has 7 heteroatoms. The van der Waals surface area contributed by atoms with E-state index in [0.717, 1.165) is 15.1 Å². The fraction of sp³-hybridized carbons (Fsp3) is 0.364. The van der Waals surface area contributed by atoms with Gasteiger partial charge in [0, 0.05) is 13.5 Å². The van der Waals surface area contributed by atoms with Gasteiger partial charge in [0.1, 0.15) is 6.04 Å². The summed E-state index contributed by atoms with van der Waals surface area (Å²) in [5, 5.41) is 8.09. The predicted molar refractivity (Wildman–Crippen MR) is 70.1 cm³/mol. The molecule has 0 aliphatic carbocycles. The molecule has 2 aromatic heterocycles. The zero-order valence-electron chi connectivity index (χ0n) is 9.59. The average Bonchev–Trinajstić information content (AvgIpc) is 3.02. The van der Waals surface area contributed by atoms with E-state index >= 15 is 0 Å². The molecule has 5 nitrogen and oxygen atoms in total. The van der Waals surface area contributed by atoms with Crippen LogP contribution < -0.4 is 0 Å². The van der Waals surface area contributed by atoms with E-state index in [-0.39, 0.29) is 11.9 Å². The van der Waals surface area contributed by atoms with Crippen LogP contribution >= 0.6 is 27.3 Å². The second-order valence-corrected chi connectivity index (χ2v) is 6.57. The number of aromatic nitrogens is 2. The Morgan fingerprint density at radius 1 is 1.50 bits per heavy atom. The lowest BCUT2D eigenvalue weighted by Crippen LogP contribution is -2.22. The summed E-state index contributed by atoms with van der Waals surface area (Å²) >= 11 is 4.93. The molecule has 0 bridgehead atoms. The van der Waals surface area contributed by atoms with Crippen LogP contribution in [-0.4, -0.2) is 28.1 Å². The molecule has 1 amide bonds. The van der Waals surface area contributed by atoms with Gasteiger partial charge in [-0.2, -0.15) is 0 Å². The Morgan fingerprint density at radius 3 is 2.94 bits per heavy atom. The van der Waals surface area contributed by atoms with E-state index in [4.69, 9.17) is 4.42 Å². The van der Waals surface area contributed by atoms with Gasteiger partial charge < -0.3 is 9.32 Å². The first-order valence-electron chi connectivity index (χ1n) is 5.50. The number of rotatable bonds is 2. The number of hydrogen-bond acceptors (Lipinski definition) is 5. The molecule has 0 unspecified atom stereocenters. The Labute approximate surface area is 116 Å². The summed E-state index contributed by atoms with van der Waals surface area (Å²) < 4.78 is 6.68. The topological polar surface area (TPSA) is 59.2 Å². The maximum absolute atomic E-state index is 11.5. The normalized spacial score (nSPS) is 19.8. The van der Waals surface area contributed by atoms with Crippen LogP contribution in [0.2, 0.25) is 0 Å². The van der Waals surface area contributed by atoms with Crippen LogP contribution in [0.5, 0.6) is 0 Å². The van der Waals surface area contributed by atoms with Crippen LogP contribution in [0, 0.1) is 0 Å². The molecule has 18 heavy (non-hydrogen) atoms. The quantitative estimate of drug-likeness (QED) is 0.850. The van der Waals surface area contributed by atoms with E-state index in [1.807, 2.05) is 12.1 Å². The van der Waals surface area contributed by atoms with Crippen molar-refractivity contribution in [2.45, 2.75) is 18.9 Å². The second-order valence-electron chi connectivity index (χ2n) is 4.11. The number of likely N-dealkylation sites (tertiary alicyclic amines) is 1. The van der Waals surface area contributed by atoms with Crippen molar-refractivity contribution in [1.29, 1.82) is 0 Å². The van der Waals surface area contributed by atoms with Gasteiger partial charge in [-0.1, -0.05) is 0 Å². The molecule has 3 heterocycles. The third-order valence-corrected chi connectivity index (χ3v) is 4.61. The number of halogens is 1. The standard InChI is InChI=1S/C11H10BrN3O2S/c1-15-6(2-5-9(15)16)10-13-14-11(17-10)7-3-4-8(12)18-7/h3-4,6H,2,5H2,1H3/t6-/m1/s1. The summed E-state index contributed by atoms with van der Waals surface area (Å²) in [4.78, 5) is 14.1. The van der Waals surface area contributed by atoms with Crippen molar-refractivity contribution in [2.24, 2.45) is 0 Å². The summed E-state index contributed by atoms with van der Waals surface area (Å²) in [6.07, 6.45) is 1.29. The number of carbonyl (C=O) groups excluding carboxylic acids is 1. The van der Waals surface area contributed by atoms with Crippen molar-refractivity contribution in [3.8, 4) is 10.8 Å². The summed E-state index contributed by atoms with van der Waals surface area (Å²) in [5.74, 6) is 1.15. The van der Waals surface area contributed by atoms with Gasteiger partial charge in [-0.25, -0.2) is 0 Å².